The molecule has 1 heterocycles. The number of anilines is 1. The Kier molecular flexibility index (Phi) is 4.47. The second kappa shape index (κ2) is 6.10. The molecule has 1 aromatic rings. The molecular weight excluding hydrogens is 260 g/mol. The van der Waals surface area contributed by atoms with Crippen LogP contribution in [-0.4, -0.2) is 35.6 Å². The Labute approximate surface area is 117 Å². The van der Waals surface area contributed by atoms with Crippen molar-refractivity contribution >= 4 is 29.3 Å². The van der Waals surface area contributed by atoms with Gasteiger partial charge in [0.2, 0.25) is 11.8 Å². The average Bonchev–Trinajstić information content (AvgIpc) is 2.88. The first-order chi connectivity index (χ1) is 9.11. The summed E-state index contributed by atoms with van der Waals surface area (Å²) in [6.45, 7) is 2.19. The van der Waals surface area contributed by atoms with Gasteiger partial charge in [-0.3, -0.25) is 9.59 Å². The molecule has 1 atom stereocenters. The highest BCUT2D eigenvalue weighted by Crippen LogP contribution is 2.22. The third kappa shape index (κ3) is 3.29. The number of nitrogens with one attached hydrogen (secondary N) is 1. The van der Waals surface area contributed by atoms with E-state index in [-0.39, 0.29) is 17.9 Å². The molecule has 0 radical (unpaired) electrons. The van der Waals surface area contributed by atoms with Gasteiger partial charge in [-0.1, -0.05) is 6.07 Å². The lowest BCUT2D eigenvalue weighted by Gasteiger charge is -2.22. The molecule has 4 nitrogen and oxygen atoms in total. The third-order valence-corrected chi connectivity index (χ3v) is 4.02. The van der Waals surface area contributed by atoms with Crippen LogP contribution in [0.25, 0.3) is 0 Å². The molecule has 0 aliphatic carbocycles. The zero-order valence-electron chi connectivity index (χ0n) is 11.2. The molecule has 1 aromatic carbocycles. The van der Waals surface area contributed by atoms with Crippen molar-refractivity contribution in [3.05, 3.63) is 24.3 Å². The molecule has 1 fully saturated rings. The fraction of sp³-hybridized carbons (Fsp3) is 0.429. The molecule has 5 heteroatoms. The van der Waals surface area contributed by atoms with E-state index >= 15 is 0 Å². The number of hydrogen-bond acceptors (Lipinski definition) is 3. The minimum absolute atomic E-state index is 0.0319. The van der Waals surface area contributed by atoms with Crippen LogP contribution >= 0.6 is 11.8 Å². The molecule has 0 aromatic heterocycles. The van der Waals surface area contributed by atoms with Gasteiger partial charge >= 0.3 is 0 Å². The van der Waals surface area contributed by atoms with Crippen LogP contribution in [-0.2, 0) is 9.59 Å². The quantitative estimate of drug-likeness (QED) is 0.864. The lowest BCUT2D eigenvalue weighted by atomic mass is 10.2. The molecule has 0 bridgehead atoms. The van der Waals surface area contributed by atoms with E-state index in [1.165, 1.54) is 6.92 Å². The van der Waals surface area contributed by atoms with Crippen molar-refractivity contribution in [2.75, 3.05) is 18.1 Å². The van der Waals surface area contributed by atoms with Crippen LogP contribution < -0.4 is 5.32 Å². The zero-order valence-corrected chi connectivity index (χ0v) is 12.0. The minimum atomic E-state index is -0.324. The van der Waals surface area contributed by atoms with Gasteiger partial charge in [0, 0.05) is 24.1 Å². The Hall–Kier alpha value is -1.49. The first-order valence-electron chi connectivity index (χ1n) is 6.34. The van der Waals surface area contributed by atoms with E-state index in [2.05, 4.69) is 5.32 Å². The summed E-state index contributed by atoms with van der Waals surface area (Å²) < 4.78 is 0. The number of likely N-dealkylation sites (tertiary alicyclic amines) is 1. The summed E-state index contributed by atoms with van der Waals surface area (Å²) in [5.74, 6) is -0.124. The topological polar surface area (TPSA) is 49.4 Å². The number of carbonyl (C=O) groups is 2. The van der Waals surface area contributed by atoms with Gasteiger partial charge in [-0.2, -0.15) is 0 Å². The number of hydrogen-bond donors (Lipinski definition) is 1. The summed E-state index contributed by atoms with van der Waals surface area (Å²) in [5.41, 5.74) is 0.784. The molecule has 0 spiro atoms. The predicted molar refractivity (Wildman–Crippen MR) is 77.3 cm³/mol. The number of carbonyl (C=O) groups excluding carboxylic acids is 2. The molecule has 102 valence electrons. The summed E-state index contributed by atoms with van der Waals surface area (Å²) in [7, 11) is 0. The second-order valence-electron chi connectivity index (χ2n) is 4.59. The fourth-order valence-corrected chi connectivity index (χ4v) is 2.80. The van der Waals surface area contributed by atoms with E-state index in [0.29, 0.717) is 6.54 Å². The highest BCUT2D eigenvalue weighted by atomic mass is 32.2. The number of nitrogens with zero attached hydrogens (tertiary/aromatic N) is 1. The summed E-state index contributed by atoms with van der Waals surface area (Å²) >= 11 is 1.63. The average molecular weight is 278 g/mol. The van der Waals surface area contributed by atoms with Crippen molar-refractivity contribution in [2.45, 2.75) is 30.7 Å². The second-order valence-corrected chi connectivity index (χ2v) is 5.47. The summed E-state index contributed by atoms with van der Waals surface area (Å²) in [5, 5.41) is 2.90. The van der Waals surface area contributed by atoms with Gasteiger partial charge in [-0.05, 0) is 37.3 Å². The minimum Gasteiger partial charge on any atom is -0.331 e. The van der Waals surface area contributed by atoms with Gasteiger partial charge in [0.15, 0.2) is 0 Å². The SMILES string of the molecule is CSc1cccc(NC(=O)[C@H]2CCCN2C(C)=O)c1. The van der Waals surface area contributed by atoms with Crippen molar-refractivity contribution in [3.63, 3.8) is 0 Å². The molecule has 0 saturated carbocycles. The molecule has 1 N–H and O–H groups in total. The van der Waals surface area contributed by atoms with Crippen molar-refractivity contribution < 1.29 is 9.59 Å². The van der Waals surface area contributed by atoms with Crippen LogP contribution in [0.3, 0.4) is 0 Å². The number of rotatable bonds is 3. The molecule has 19 heavy (non-hydrogen) atoms. The van der Waals surface area contributed by atoms with Crippen LogP contribution in [0.15, 0.2) is 29.2 Å². The lowest BCUT2D eigenvalue weighted by molar-refractivity contribution is -0.134. The third-order valence-electron chi connectivity index (χ3n) is 3.30. The number of amides is 2. The first kappa shape index (κ1) is 13.9. The molecule has 2 amide bonds. The highest BCUT2D eigenvalue weighted by Gasteiger charge is 2.32. The van der Waals surface area contributed by atoms with Crippen molar-refractivity contribution in [2.24, 2.45) is 0 Å². The van der Waals surface area contributed by atoms with E-state index in [1.807, 2.05) is 30.5 Å². The van der Waals surface area contributed by atoms with Gasteiger partial charge in [-0.15, -0.1) is 11.8 Å². The molecule has 0 unspecified atom stereocenters. The molecular formula is C14H18N2O2S. The van der Waals surface area contributed by atoms with Crippen LogP contribution in [0.5, 0.6) is 0 Å². The largest absolute Gasteiger partial charge is 0.331 e. The molecule has 2 rings (SSSR count). The van der Waals surface area contributed by atoms with Crippen molar-refractivity contribution in [1.29, 1.82) is 0 Å². The van der Waals surface area contributed by atoms with Gasteiger partial charge in [-0.25, -0.2) is 0 Å². The highest BCUT2D eigenvalue weighted by molar-refractivity contribution is 7.98. The van der Waals surface area contributed by atoms with Crippen LogP contribution in [0.1, 0.15) is 19.8 Å². The maximum atomic E-state index is 12.2. The molecule has 1 saturated heterocycles. The van der Waals surface area contributed by atoms with Crippen LogP contribution in [0.4, 0.5) is 5.69 Å². The van der Waals surface area contributed by atoms with E-state index in [1.54, 1.807) is 16.7 Å². The summed E-state index contributed by atoms with van der Waals surface area (Å²) in [4.78, 5) is 26.4. The van der Waals surface area contributed by atoms with Crippen LogP contribution in [0.2, 0.25) is 0 Å². The summed E-state index contributed by atoms with van der Waals surface area (Å²) in [6.07, 6.45) is 3.63. The lowest BCUT2D eigenvalue weighted by Crippen LogP contribution is -2.42. The van der Waals surface area contributed by atoms with Crippen LogP contribution in [0, 0.1) is 0 Å². The Balaban J connectivity index is 2.06. The van der Waals surface area contributed by atoms with E-state index < -0.39 is 0 Å². The summed E-state index contributed by atoms with van der Waals surface area (Å²) in [6, 6.07) is 7.40. The first-order valence-corrected chi connectivity index (χ1v) is 7.56. The molecule has 1 aliphatic heterocycles. The predicted octanol–water partition coefficient (Wildman–Crippen LogP) is 2.36. The smallest absolute Gasteiger partial charge is 0.247 e. The van der Waals surface area contributed by atoms with Crippen molar-refractivity contribution in [1.82, 2.24) is 4.90 Å². The maximum absolute atomic E-state index is 12.2. The number of benzene rings is 1. The number of thioether (sulfide) groups is 1. The Morgan fingerprint density at radius 1 is 1.42 bits per heavy atom. The standard InChI is InChI=1S/C14H18N2O2S/c1-10(17)16-8-4-7-13(16)14(18)15-11-5-3-6-12(9-11)19-2/h3,5-6,9,13H,4,7-8H2,1-2H3,(H,15,18)/t13-/m1/s1. The van der Waals surface area contributed by atoms with Gasteiger partial charge in [0.25, 0.3) is 0 Å². The molecule has 1 aliphatic rings. The Morgan fingerprint density at radius 2 is 2.21 bits per heavy atom. The maximum Gasteiger partial charge on any atom is 0.247 e. The van der Waals surface area contributed by atoms with Gasteiger partial charge < -0.3 is 10.2 Å². The fourth-order valence-electron chi connectivity index (χ4n) is 2.34. The van der Waals surface area contributed by atoms with E-state index in [9.17, 15) is 9.59 Å². The van der Waals surface area contributed by atoms with Gasteiger partial charge in [0.1, 0.15) is 6.04 Å². The Morgan fingerprint density at radius 3 is 2.89 bits per heavy atom. The van der Waals surface area contributed by atoms with E-state index in [0.717, 1.165) is 23.4 Å². The Bertz CT molecular complexity index is 490. The monoisotopic (exact) mass is 278 g/mol. The van der Waals surface area contributed by atoms with Gasteiger partial charge in [0.05, 0.1) is 0 Å². The van der Waals surface area contributed by atoms with Crippen molar-refractivity contribution in [3.8, 4) is 0 Å². The van der Waals surface area contributed by atoms with E-state index in [4.69, 9.17) is 0 Å². The zero-order chi connectivity index (χ0) is 13.8. The normalized spacial score (nSPS) is 18.4.